The molecule has 0 rings (SSSR count). The van der Waals surface area contributed by atoms with Gasteiger partial charge in [0.1, 0.15) is 0 Å². The second kappa shape index (κ2) is 9.41. The Kier molecular flexibility index (Phi) is 9.65. The van der Waals surface area contributed by atoms with Gasteiger partial charge in [0.2, 0.25) is 0 Å². The maximum atomic E-state index is 12.7. The Morgan fingerprint density at radius 3 is 1.26 bits per heavy atom. The molecule has 0 aliphatic heterocycles. The summed E-state index contributed by atoms with van der Waals surface area (Å²) >= 11 is 0. The average Bonchev–Trinajstić information content (AvgIpc) is 2.30. The Balaban J connectivity index is 5.48. The summed E-state index contributed by atoms with van der Waals surface area (Å²) in [6.07, 6.45) is 0. The van der Waals surface area contributed by atoms with E-state index in [0.717, 1.165) is 0 Å². The molecule has 0 bridgehead atoms. The fourth-order valence-corrected chi connectivity index (χ4v) is 13.0. The molecule has 0 saturated carbocycles. The number of hydrogen-bond acceptors (Lipinski definition) is 6. The highest BCUT2D eigenvalue weighted by Crippen LogP contribution is 2.96. The SMILES string of the molecule is C=CP(P(=O)(OCC)OCC)P(=O)(OCC)OCC. The van der Waals surface area contributed by atoms with Crippen molar-refractivity contribution < 1.29 is 27.2 Å². The highest BCUT2D eigenvalue weighted by atomic mass is 32.5. The minimum Gasteiger partial charge on any atom is -0.305 e. The minimum atomic E-state index is -3.58. The van der Waals surface area contributed by atoms with Crippen molar-refractivity contribution in [3.8, 4) is 0 Å². The van der Waals surface area contributed by atoms with E-state index < -0.39 is 21.9 Å². The number of hydrogen-bond donors (Lipinski definition) is 0. The maximum Gasteiger partial charge on any atom is 0.365 e. The monoisotopic (exact) mass is 332 g/mol. The molecule has 0 spiro atoms. The summed E-state index contributed by atoms with van der Waals surface area (Å²) in [6.45, 7) is 11.1. The van der Waals surface area contributed by atoms with Gasteiger partial charge < -0.3 is 18.1 Å². The average molecular weight is 332 g/mol. The van der Waals surface area contributed by atoms with Gasteiger partial charge in [-0.15, -0.1) is 0 Å². The third-order valence-electron chi connectivity index (χ3n) is 1.83. The first-order chi connectivity index (χ1) is 8.94. The van der Waals surface area contributed by atoms with Crippen LogP contribution in [0.15, 0.2) is 12.4 Å². The Hall–Kier alpha value is 0.470. The first-order valence-electron chi connectivity index (χ1n) is 6.15. The van der Waals surface area contributed by atoms with Gasteiger partial charge in [0.15, 0.2) is 7.30 Å². The van der Waals surface area contributed by atoms with Crippen molar-refractivity contribution in [3.05, 3.63) is 12.4 Å². The highest BCUT2D eigenvalue weighted by Gasteiger charge is 2.49. The van der Waals surface area contributed by atoms with Crippen LogP contribution < -0.4 is 0 Å². The smallest absolute Gasteiger partial charge is 0.305 e. The van der Waals surface area contributed by atoms with Crippen molar-refractivity contribution in [2.24, 2.45) is 0 Å². The van der Waals surface area contributed by atoms with E-state index in [9.17, 15) is 9.13 Å². The molecule has 0 N–H and O–H groups in total. The predicted molar refractivity (Wildman–Crippen MR) is 78.8 cm³/mol. The normalized spacial score (nSPS) is 12.9. The second-order valence-corrected chi connectivity index (χ2v) is 13.5. The molecule has 0 aliphatic rings. The van der Waals surface area contributed by atoms with Crippen LogP contribution in [0.3, 0.4) is 0 Å². The molecular weight excluding hydrogens is 309 g/mol. The Labute approximate surface area is 116 Å². The van der Waals surface area contributed by atoms with Crippen molar-refractivity contribution in [3.63, 3.8) is 0 Å². The molecule has 0 fully saturated rings. The van der Waals surface area contributed by atoms with Crippen LogP contribution in [0.25, 0.3) is 0 Å². The lowest BCUT2D eigenvalue weighted by molar-refractivity contribution is 0.230. The summed E-state index contributed by atoms with van der Waals surface area (Å²) in [5, 5.41) is 0. The molecular formula is C10H23O6P3. The molecule has 0 saturated heterocycles. The molecule has 0 radical (unpaired) electrons. The number of rotatable bonds is 11. The lowest BCUT2D eigenvalue weighted by Crippen LogP contribution is -1.99. The topological polar surface area (TPSA) is 71.1 Å². The van der Waals surface area contributed by atoms with Crippen LogP contribution in [-0.4, -0.2) is 26.4 Å². The molecule has 0 aromatic carbocycles. The lowest BCUT2D eigenvalue weighted by Gasteiger charge is -2.28. The molecule has 0 unspecified atom stereocenters. The van der Waals surface area contributed by atoms with Gasteiger partial charge in [-0.05, 0) is 33.5 Å². The van der Waals surface area contributed by atoms with Crippen molar-refractivity contribution >= 4 is 21.9 Å². The first kappa shape index (κ1) is 19.5. The van der Waals surface area contributed by atoms with Gasteiger partial charge in [-0.2, -0.15) is 0 Å². The molecule has 0 amide bonds. The second-order valence-electron chi connectivity index (χ2n) is 3.11. The molecule has 19 heavy (non-hydrogen) atoms. The lowest BCUT2D eigenvalue weighted by atomic mass is 10.9. The van der Waals surface area contributed by atoms with Crippen LogP contribution in [0.5, 0.6) is 0 Å². The van der Waals surface area contributed by atoms with Crippen molar-refractivity contribution in [1.82, 2.24) is 0 Å². The van der Waals surface area contributed by atoms with Crippen LogP contribution >= 0.6 is 21.9 Å². The van der Waals surface area contributed by atoms with E-state index in [4.69, 9.17) is 18.1 Å². The van der Waals surface area contributed by atoms with Gasteiger partial charge in [0.25, 0.3) is 0 Å². The summed E-state index contributed by atoms with van der Waals surface area (Å²) in [5.41, 5.74) is 0. The van der Waals surface area contributed by atoms with Crippen LogP contribution in [0.2, 0.25) is 0 Å². The Morgan fingerprint density at radius 1 is 0.842 bits per heavy atom. The predicted octanol–water partition coefficient (Wildman–Crippen LogP) is 4.97. The molecule has 6 nitrogen and oxygen atoms in total. The molecule has 9 heteroatoms. The fourth-order valence-electron chi connectivity index (χ4n) is 1.30. The molecule has 0 atom stereocenters. The van der Waals surface area contributed by atoms with Gasteiger partial charge in [0, 0.05) is 0 Å². The zero-order valence-corrected chi connectivity index (χ0v) is 14.6. The summed E-state index contributed by atoms with van der Waals surface area (Å²) in [6, 6.07) is 0. The van der Waals surface area contributed by atoms with Gasteiger partial charge in [-0.25, -0.2) is 0 Å². The van der Waals surface area contributed by atoms with E-state index in [1.165, 1.54) is 5.82 Å². The Bertz CT molecular complexity index is 309. The van der Waals surface area contributed by atoms with Gasteiger partial charge >= 0.3 is 14.6 Å². The zero-order chi connectivity index (χ0) is 14.9. The molecule has 0 aromatic rings. The standard InChI is InChI=1S/C10H23O6P3/c1-6-13-18(11,14-7-2)17(10-5)19(12,15-8-3)16-9-4/h10H,5-9H2,1-4H3. The van der Waals surface area contributed by atoms with Crippen LogP contribution in [0, 0.1) is 0 Å². The van der Waals surface area contributed by atoms with Gasteiger partial charge in [-0.3, -0.25) is 9.13 Å². The third-order valence-corrected chi connectivity index (χ3v) is 14.8. The maximum absolute atomic E-state index is 12.7. The molecule has 0 aliphatic carbocycles. The van der Waals surface area contributed by atoms with Crippen LogP contribution in [-0.2, 0) is 27.2 Å². The van der Waals surface area contributed by atoms with Crippen LogP contribution in [0.4, 0.5) is 0 Å². The van der Waals surface area contributed by atoms with Gasteiger partial charge in [-0.1, -0.05) is 6.58 Å². The zero-order valence-electron chi connectivity index (χ0n) is 11.9. The summed E-state index contributed by atoms with van der Waals surface area (Å²) in [5.74, 6) is 1.33. The quantitative estimate of drug-likeness (QED) is 0.497. The van der Waals surface area contributed by atoms with Crippen molar-refractivity contribution in [1.29, 1.82) is 0 Å². The summed E-state index contributed by atoms with van der Waals surface area (Å²) in [7, 11) is -9.04. The summed E-state index contributed by atoms with van der Waals surface area (Å²) < 4.78 is 46.3. The largest absolute Gasteiger partial charge is 0.365 e. The van der Waals surface area contributed by atoms with E-state index in [2.05, 4.69) is 6.58 Å². The van der Waals surface area contributed by atoms with Crippen molar-refractivity contribution in [2.75, 3.05) is 26.4 Å². The minimum absolute atomic E-state index is 0.183. The molecule has 114 valence electrons. The van der Waals surface area contributed by atoms with E-state index in [1.807, 2.05) is 0 Å². The van der Waals surface area contributed by atoms with E-state index in [-0.39, 0.29) is 26.4 Å². The van der Waals surface area contributed by atoms with Crippen molar-refractivity contribution in [2.45, 2.75) is 27.7 Å². The summed E-state index contributed by atoms with van der Waals surface area (Å²) in [4.78, 5) is 0. The fraction of sp³-hybridized carbons (Fsp3) is 0.800. The van der Waals surface area contributed by atoms with E-state index in [0.29, 0.717) is 0 Å². The molecule has 0 heterocycles. The first-order valence-corrected chi connectivity index (χ1v) is 12.1. The third kappa shape index (κ3) is 5.40. The van der Waals surface area contributed by atoms with E-state index in [1.54, 1.807) is 27.7 Å². The van der Waals surface area contributed by atoms with E-state index >= 15 is 0 Å². The molecule has 0 aromatic heterocycles. The Morgan fingerprint density at radius 2 is 1.11 bits per heavy atom. The van der Waals surface area contributed by atoms with Crippen LogP contribution in [0.1, 0.15) is 27.7 Å². The highest BCUT2D eigenvalue weighted by molar-refractivity contribution is 8.61. The van der Waals surface area contributed by atoms with Gasteiger partial charge in [0.05, 0.1) is 26.4 Å².